The van der Waals surface area contributed by atoms with Crippen LogP contribution in [0.25, 0.3) is 0 Å². The predicted octanol–water partition coefficient (Wildman–Crippen LogP) is 3.36. The number of hydrogen-bond acceptors (Lipinski definition) is 3. The minimum Gasteiger partial charge on any atom is -0.494 e. The highest BCUT2D eigenvalue weighted by molar-refractivity contribution is 9.09. The Morgan fingerprint density at radius 2 is 2.18 bits per heavy atom. The Morgan fingerprint density at radius 3 is 2.76 bits per heavy atom. The van der Waals surface area contributed by atoms with E-state index in [0.29, 0.717) is 0 Å². The van der Waals surface area contributed by atoms with Crippen LogP contribution in [0.4, 0.5) is 0 Å². The Labute approximate surface area is 110 Å². The van der Waals surface area contributed by atoms with Gasteiger partial charge >= 0.3 is 0 Å². The van der Waals surface area contributed by atoms with Gasteiger partial charge in [-0.05, 0) is 36.2 Å². The molecule has 0 bridgehead atoms. The van der Waals surface area contributed by atoms with E-state index in [1.807, 2.05) is 24.3 Å². The van der Waals surface area contributed by atoms with Gasteiger partial charge in [0.15, 0.2) is 0 Å². The maximum atomic E-state index is 5.54. The Hall–Kier alpha value is -1.03. The summed E-state index contributed by atoms with van der Waals surface area (Å²) in [6.07, 6.45) is 2.05. The van der Waals surface area contributed by atoms with Gasteiger partial charge in [0.2, 0.25) is 0 Å². The Balaban J connectivity index is 1.99. The minimum atomic E-state index is 0.168. The molecule has 1 atom stereocenters. The predicted molar refractivity (Wildman–Crippen MR) is 72.0 cm³/mol. The average molecular weight is 298 g/mol. The fraction of sp³-hybridized carbons (Fsp3) is 0.462. The highest BCUT2D eigenvalue weighted by Crippen LogP contribution is 2.20. The molecule has 1 aromatic rings. The zero-order valence-corrected chi connectivity index (χ0v) is 11.4. The lowest BCUT2D eigenvalue weighted by Gasteiger charge is -2.05. The van der Waals surface area contributed by atoms with Gasteiger partial charge in [-0.25, -0.2) is 0 Å². The molecule has 0 aliphatic carbocycles. The van der Waals surface area contributed by atoms with E-state index in [-0.39, 0.29) is 6.10 Å². The summed E-state index contributed by atoms with van der Waals surface area (Å²) >= 11 is 3.40. The highest BCUT2D eigenvalue weighted by atomic mass is 79.9. The topological polar surface area (TPSA) is 30.8 Å². The van der Waals surface area contributed by atoms with Crippen molar-refractivity contribution in [2.45, 2.75) is 25.9 Å². The summed E-state index contributed by atoms with van der Waals surface area (Å²) in [6, 6.07) is 8.03. The molecular formula is C13H16BrNO2. The molecule has 1 heterocycles. The van der Waals surface area contributed by atoms with Crippen molar-refractivity contribution in [3.8, 4) is 5.75 Å². The molecule has 1 aromatic carbocycles. The third-order valence-electron chi connectivity index (χ3n) is 2.57. The van der Waals surface area contributed by atoms with Crippen molar-refractivity contribution < 1.29 is 9.57 Å². The fourth-order valence-electron chi connectivity index (χ4n) is 1.65. The zero-order chi connectivity index (χ0) is 12.1. The lowest BCUT2D eigenvalue weighted by Crippen LogP contribution is -2.09. The van der Waals surface area contributed by atoms with Crippen LogP contribution in [0, 0.1) is 0 Å². The molecule has 0 saturated heterocycles. The van der Waals surface area contributed by atoms with Gasteiger partial charge in [0.05, 0.1) is 12.3 Å². The summed E-state index contributed by atoms with van der Waals surface area (Å²) in [5.74, 6) is 0.909. The van der Waals surface area contributed by atoms with Crippen molar-refractivity contribution in [1.29, 1.82) is 0 Å². The first-order valence-electron chi connectivity index (χ1n) is 5.85. The van der Waals surface area contributed by atoms with E-state index in [1.165, 1.54) is 0 Å². The number of nitrogens with zero attached hydrogens (tertiary/aromatic N) is 1. The SMILES string of the molecule is CCCOc1ccc(C2=NOC(CBr)C2)cc1. The summed E-state index contributed by atoms with van der Waals surface area (Å²) in [5, 5.41) is 4.91. The molecule has 2 rings (SSSR count). The van der Waals surface area contributed by atoms with Gasteiger partial charge in [-0.1, -0.05) is 28.0 Å². The molecule has 0 fully saturated rings. The van der Waals surface area contributed by atoms with Crippen molar-refractivity contribution >= 4 is 21.6 Å². The van der Waals surface area contributed by atoms with Crippen LogP contribution in [0.15, 0.2) is 29.4 Å². The summed E-state index contributed by atoms with van der Waals surface area (Å²) < 4.78 is 5.54. The van der Waals surface area contributed by atoms with E-state index in [2.05, 4.69) is 28.0 Å². The second-order valence-electron chi connectivity index (χ2n) is 4.00. The lowest BCUT2D eigenvalue weighted by atomic mass is 10.1. The van der Waals surface area contributed by atoms with Gasteiger partial charge in [0, 0.05) is 11.8 Å². The van der Waals surface area contributed by atoms with Gasteiger partial charge in [0.25, 0.3) is 0 Å². The van der Waals surface area contributed by atoms with E-state index < -0.39 is 0 Å². The first-order chi connectivity index (χ1) is 8.33. The third kappa shape index (κ3) is 3.22. The monoisotopic (exact) mass is 297 g/mol. The van der Waals surface area contributed by atoms with Crippen LogP contribution in [0.5, 0.6) is 5.75 Å². The van der Waals surface area contributed by atoms with Gasteiger partial charge in [-0.3, -0.25) is 0 Å². The van der Waals surface area contributed by atoms with Crippen LogP contribution in [0.3, 0.4) is 0 Å². The van der Waals surface area contributed by atoms with Crippen LogP contribution in [-0.2, 0) is 4.84 Å². The van der Waals surface area contributed by atoms with E-state index in [1.54, 1.807) is 0 Å². The Kier molecular flexibility index (Phi) is 4.42. The number of benzene rings is 1. The van der Waals surface area contributed by atoms with Gasteiger partial charge in [-0.15, -0.1) is 0 Å². The summed E-state index contributed by atoms with van der Waals surface area (Å²) in [7, 11) is 0. The van der Waals surface area contributed by atoms with E-state index in [4.69, 9.17) is 9.57 Å². The van der Waals surface area contributed by atoms with Gasteiger partial charge in [-0.2, -0.15) is 0 Å². The molecule has 1 aliphatic rings. The molecule has 0 radical (unpaired) electrons. The van der Waals surface area contributed by atoms with Crippen LogP contribution in [0.2, 0.25) is 0 Å². The van der Waals surface area contributed by atoms with Crippen LogP contribution in [0.1, 0.15) is 25.3 Å². The number of hydrogen-bond donors (Lipinski definition) is 0. The first-order valence-corrected chi connectivity index (χ1v) is 6.97. The molecule has 0 spiro atoms. The maximum Gasteiger partial charge on any atom is 0.142 e. The molecule has 17 heavy (non-hydrogen) atoms. The summed E-state index contributed by atoms with van der Waals surface area (Å²) in [4.78, 5) is 5.27. The maximum absolute atomic E-state index is 5.54. The molecule has 92 valence electrons. The second kappa shape index (κ2) is 6.05. The van der Waals surface area contributed by atoms with Crippen molar-refractivity contribution in [3.05, 3.63) is 29.8 Å². The summed E-state index contributed by atoms with van der Waals surface area (Å²) in [5.41, 5.74) is 2.12. The van der Waals surface area contributed by atoms with Crippen LogP contribution < -0.4 is 4.74 Å². The van der Waals surface area contributed by atoms with Crippen molar-refractivity contribution in [2.75, 3.05) is 11.9 Å². The largest absolute Gasteiger partial charge is 0.494 e. The number of oxime groups is 1. The van der Waals surface area contributed by atoms with Crippen molar-refractivity contribution in [2.24, 2.45) is 5.16 Å². The smallest absolute Gasteiger partial charge is 0.142 e. The van der Waals surface area contributed by atoms with E-state index in [0.717, 1.165) is 41.8 Å². The molecule has 1 unspecified atom stereocenters. The number of halogens is 1. The third-order valence-corrected chi connectivity index (χ3v) is 3.29. The molecule has 0 N–H and O–H groups in total. The molecule has 4 heteroatoms. The Morgan fingerprint density at radius 1 is 1.41 bits per heavy atom. The fourth-order valence-corrected chi connectivity index (χ4v) is 1.99. The standard InChI is InChI=1S/C13H16BrNO2/c1-2-7-16-11-5-3-10(4-6-11)13-8-12(9-14)17-15-13/h3-6,12H,2,7-9H2,1H3. The Bertz CT molecular complexity index is 389. The van der Waals surface area contributed by atoms with Gasteiger partial charge < -0.3 is 9.57 Å². The van der Waals surface area contributed by atoms with Crippen molar-refractivity contribution in [1.82, 2.24) is 0 Å². The molecule has 0 amide bonds. The number of alkyl halides is 1. The number of ether oxygens (including phenoxy) is 1. The van der Waals surface area contributed by atoms with Gasteiger partial charge in [0.1, 0.15) is 11.9 Å². The zero-order valence-electron chi connectivity index (χ0n) is 9.86. The molecule has 1 aliphatic heterocycles. The number of rotatable bonds is 5. The molecule has 0 aromatic heterocycles. The lowest BCUT2D eigenvalue weighted by molar-refractivity contribution is 0.104. The first kappa shape index (κ1) is 12.4. The minimum absolute atomic E-state index is 0.168. The van der Waals surface area contributed by atoms with E-state index >= 15 is 0 Å². The quantitative estimate of drug-likeness (QED) is 0.780. The molecular weight excluding hydrogens is 282 g/mol. The summed E-state index contributed by atoms with van der Waals surface area (Å²) in [6.45, 7) is 2.86. The highest BCUT2D eigenvalue weighted by Gasteiger charge is 2.20. The van der Waals surface area contributed by atoms with E-state index in [9.17, 15) is 0 Å². The normalized spacial score (nSPS) is 18.7. The second-order valence-corrected chi connectivity index (χ2v) is 4.64. The average Bonchev–Trinajstić information content (AvgIpc) is 2.86. The molecule has 3 nitrogen and oxygen atoms in total. The van der Waals surface area contributed by atoms with Crippen molar-refractivity contribution in [3.63, 3.8) is 0 Å². The van der Waals surface area contributed by atoms with Crippen LogP contribution in [-0.4, -0.2) is 23.8 Å². The van der Waals surface area contributed by atoms with Crippen LogP contribution >= 0.6 is 15.9 Å². The molecule has 0 saturated carbocycles.